The lowest BCUT2D eigenvalue weighted by Gasteiger charge is -2.06. The summed E-state index contributed by atoms with van der Waals surface area (Å²) >= 11 is 0. The average Bonchev–Trinajstić information content (AvgIpc) is 2.83. The zero-order valence-corrected chi connectivity index (χ0v) is 10.3. The molecule has 10 nitrogen and oxygen atoms in total. The van der Waals surface area contributed by atoms with Gasteiger partial charge in [-0.2, -0.15) is 0 Å². The van der Waals surface area contributed by atoms with Crippen LogP contribution in [0.5, 0.6) is 0 Å². The van der Waals surface area contributed by atoms with Gasteiger partial charge in [0.15, 0.2) is 12.0 Å². The van der Waals surface area contributed by atoms with Gasteiger partial charge in [0.1, 0.15) is 11.4 Å². The number of aryl methyl sites for hydroxylation is 1. The molecule has 0 radical (unpaired) electrons. The minimum absolute atomic E-state index is 0.0325. The minimum Gasteiger partial charge on any atom is -0.360 e. The highest BCUT2D eigenvalue weighted by atomic mass is 16.6. The summed E-state index contributed by atoms with van der Waals surface area (Å²) in [5.74, 6) is 4.84. The lowest BCUT2D eigenvalue weighted by atomic mass is 10.2. The summed E-state index contributed by atoms with van der Waals surface area (Å²) in [6, 6.07) is 2.51. The molecule has 0 aromatic carbocycles. The van der Waals surface area contributed by atoms with Crippen LogP contribution in [0.25, 0.3) is 0 Å². The molecule has 104 valence electrons. The number of nitrogens with zero attached hydrogens (tertiary/aromatic N) is 3. The van der Waals surface area contributed by atoms with Crippen LogP contribution in [0.3, 0.4) is 0 Å². The van der Waals surface area contributed by atoms with Gasteiger partial charge in [-0.05, 0) is 16.8 Å². The molecule has 0 aliphatic carbocycles. The molecule has 0 aliphatic rings. The fourth-order valence-electron chi connectivity index (χ4n) is 1.46. The molecule has 0 aliphatic heterocycles. The summed E-state index contributed by atoms with van der Waals surface area (Å²) in [4.78, 5) is 25.5. The van der Waals surface area contributed by atoms with Crippen LogP contribution in [-0.2, 0) is 0 Å². The second-order valence-electron chi connectivity index (χ2n) is 3.77. The molecule has 0 unspecified atom stereocenters. The fourth-order valence-corrected chi connectivity index (χ4v) is 1.46. The van der Waals surface area contributed by atoms with E-state index in [0.717, 1.165) is 12.3 Å². The Morgan fingerprint density at radius 1 is 1.50 bits per heavy atom. The molecule has 0 spiro atoms. The van der Waals surface area contributed by atoms with Crippen LogP contribution >= 0.6 is 0 Å². The normalized spacial score (nSPS) is 10.1. The smallest absolute Gasteiger partial charge is 0.360 e. The highest BCUT2D eigenvalue weighted by Gasteiger charge is 2.19. The summed E-state index contributed by atoms with van der Waals surface area (Å²) in [6.07, 6.45) is 1.10. The van der Waals surface area contributed by atoms with E-state index in [-0.39, 0.29) is 17.1 Å². The van der Waals surface area contributed by atoms with Gasteiger partial charge in [-0.25, -0.2) is 0 Å². The van der Waals surface area contributed by atoms with Crippen molar-refractivity contribution in [1.82, 2.24) is 10.1 Å². The van der Waals surface area contributed by atoms with Gasteiger partial charge in [0.05, 0.1) is 11.6 Å². The van der Waals surface area contributed by atoms with Crippen LogP contribution in [0.4, 0.5) is 17.3 Å². The number of rotatable bonds is 4. The summed E-state index contributed by atoms with van der Waals surface area (Å²) in [6.45, 7) is 1.66. The van der Waals surface area contributed by atoms with E-state index in [4.69, 9.17) is 10.4 Å². The van der Waals surface area contributed by atoms with Crippen LogP contribution in [-0.4, -0.2) is 21.0 Å². The molecular formula is C10H10N6O4. The Balaban J connectivity index is 2.32. The van der Waals surface area contributed by atoms with Crippen molar-refractivity contribution < 1.29 is 14.2 Å². The summed E-state index contributed by atoms with van der Waals surface area (Å²) in [7, 11) is 0. The Bertz CT molecular complexity index is 668. The number of anilines is 2. The number of pyridine rings is 1. The maximum Gasteiger partial charge on any atom is 0.364 e. The highest BCUT2D eigenvalue weighted by Crippen LogP contribution is 2.20. The van der Waals surface area contributed by atoms with E-state index in [0.29, 0.717) is 5.76 Å². The number of hydrazine groups is 1. The van der Waals surface area contributed by atoms with Gasteiger partial charge < -0.3 is 25.4 Å². The predicted molar refractivity (Wildman–Crippen MR) is 67.9 cm³/mol. The lowest BCUT2D eigenvalue weighted by Crippen LogP contribution is -2.18. The van der Waals surface area contributed by atoms with E-state index in [2.05, 4.69) is 20.9 Å². The van der Waals surface area contributed by atoms with Crippen LogP contribution in [0.15, 0.2) is 22.9 Å². The first-order chi connectivity index (χ1) is 9.51. The number of aromatic nitrogens is 2. The highest BCUT2D eigenvalue weighted by molar-refractivity contribution is 6.07. The van der Waals surface area contributed by atoms with Crippen molar-refractivity contribution in [3.8, 4) is 0 Å². The maximum atomic E-state index is 12.0. The van der Waals surface area contributed by atoms with E-state index < -0.39 is 16.6 Å². The van der Waals surface area contributed by atoms with E-state index >= 15 is 0 Å². The van der Waals surface area contributed by atoms with E-state index in [1.54, 1.807) is 6.92 Å². The molecule has 0 atom stereocenters. The first-order valence-corrected chi connectivity index (χ1v) is 5.37. The molecule has 2 rings (SSSR count). The largest absolute Gasteiger partial charge is 0.364 e. The number of carbonyl (C=O) groups is 1. The standard InChI is InChI=1S/C10H10N6O4/c1-5-2-8(15-20-5)13-10(17)6-3-9(16(18)19)12-4-7(6)14-11/h2-4,14H,11H2,1H3,(H,13,15,17). The number of hydrogen-bond donors (Lipinski definition) is 3. The van der Waals surface area contributed by atoms with Crippen molar-refractivity contribution in [2.45, 2.75) is 6.92 Å². The third kappa shape index (κ3) is 2.70. The van der Waals surface area contributed by atoms with Crippen LogP contribution in [0, 0.1) is 17.0 Å². The second-order valence-corrected chi connectivity index (χ2v) is 3.77. The summed E-state index contributed by atoms with van der Waals surface area (Å²) in [5, 5.41) is 16.7. The third-order valence-corrected chi connectivity index (χ3v) is 2.35. The van der Waals surface area contributed by atoms with E-state index in [1.165, 1.54) is 6.07 Å². The monoisotopic (exact) mass is 278 g/mol. The van der Waals surface area contributed by atoms with Crippen molar-refractivity contribution in [3.63, 3.8) is 0 Å². The zero-order valence-electron chi connectivity index (χ0n) is 10.3. The SMILES string of the molecule is Cc1cc(NC(=O)c2cc([N+](=O)[O-])ncc2NN)no1. The molecule has 20 heavy (non-hydrogen) atoms. The number of carbonyl (C=O) groups excluding carboxylic acids is 1. The quantitative estimate of drug-likeness (QED) is 0.422. The van der Waals surface area contributed by atoms with Gasteiger partial charge in [-0.1, -0.05) is 5.16 Å². The number of nitrogens with one attached hydrogen (secondary N) is 2. The van der Waals surface area contributed by atoms with E-state index in [1.807, 2.05) is 0 Å². The average molecular weight is 278 g/mol. The molecule has 0 saturated carbocycles. The zero-order chi connectivity index (χ0) is 14.7. The van der Waals surface area contributed by atoms with Gasteiger partial charge in [-0.15, -0.1) is 0 Å². The second kappa shape index (κ2) is 5.32. The molecule has 10 heteroatoms. The fraction of sp³-hybridized carbons (Fsp3) is 0.100. The Labute approximate surface area is 112 Å². The van der Waals surface area contributed by atoms with Crippen molar-refractivity contribution in [2.75, 3.05) is 10.7 Å². The van der Waals surface area contributed by atoms with Gasteiger partial charge in [0.2, 0.25) is 0 Å². The molecule has 0 bridgehead atoms. The topological polar surface area (TPSA) is 149 Å². The number of hydrogen-bond acceptors (Lipinski definition) is 8. The molecular weight excluding hydrogens is 268 g/mol. The molecule has 0 saturated heterocycles. The van der Waals surface area contributed by atoms with Crippen LogP contribution < -0.4 is 16.6 Å². The summed E-state index contributed by atoms with van der Waals surface area (Å²) in [5.41, 5.74) is 2.36. The molecule has 1 amide bonds. The first kappa shape index (κ1) is 13.4. The van der Waals surface area contributed by atoms with E-state index in [9.17, 15) is 14.9 Å². The molecule has 2 aromatic rings. The number of nitrogen functional groups attached to an aromatic ring is 1. The van der Waals surface area contributed by atoms with Crippen molar-refractivity contribution in [2.24, 2.45) is 5.84 Å². The number of nitro groups is 1. The Morgan fingerprint density at radius 2 is 2.25 bits per heavy atom. The van der Waals surface area contributed by atoms with Crippen LogP contribution in [0.1, 0.15) is 16.1 Å². The van der Waals surface area contributed by atoms with Crippen molar-refractivity contribution in [3.05, 3.63) is 39.8 Å². The predicted octanol–water partition coefficient (Wildman–Crippen LogP) is 0.824. The third-order valence-electron chi connectivity index (χ3n) is 2.35. The maximum absolute atomic E-state index is 12.0. The molecule has 2 heterocycles. The number of nitrogens with two attached hydrogens (primary N) is 1. The van der Waals surface area contributed by atoms with Gasteiger partial charge >= 0.3 is 5.82 Å². The Hall–Kier alpha value is -3.01. The van der Waals surface area contributed by atoms with Crippen molar-refractivity contribution in [1.29, 1.82) is 0 Å². The van der Waals surface area contributed by atoms with Gasteiger partial charge in [0, 0.05) is 6.07 Å². The molecule has 2 aromatic heterocycles. The summed E-state index contributed by atoms with van der Waals surface area (Å²) < 4.78 is 4.79. The molecule has 0 fully saturated rings. The first-order valence-electron chi connectivity index (χ1n) is 5.37. The van der Waals surface area contributed by atoms with Crippen molar-refractivity contribution >= 4 is 23.2 Å². The van der Waals surface area contributed by atoms with Crippen LogP contribution in [0.2, 0.25) is 0 Å². The Morgan fingerprint density at radius 3 is 2.80 bits per heavy atom. The van der Waals surface area contributed by atoms with Gasteiger partial charge in [0.25, 0.3) is 5.91 Å². The lowest BCUT2D eigenvalue weighted by molar-refractivity contribution is -0.389. The minimum atomic E-state index is -0.711. The van der Waals surface area contributed by atoms with Gasteiger partial charge in [-0.3, -0.25) is 10.6 Å². The Kier molecular flexibility index (Phi) is 3.57. The number of amides is 1. The molecule has 4 N–H and O–H groups in total.